The summed E-state index contributed by atoms with van der Waals surface area (Å²) in [4.78, 5) is 27.7. The van der Waals surface area contributed by atoms with E-state index in [4.69, 9.17) is 4.74 Å². The summed E-state index contributed by atoms with van der Waals surface area (Å²) < 4.78 is 5.05. The van der Waals surface area contributed by atoms with Crippen LogP contribution in [0.3, 0.4) is 0 Å². The molecule has 1 fully saturated rings. The standard InChI is InChI=1S/C18H28N4O3/c1-25-17-12-14(9-11-19-17)13-21-16(23)8-5-10-20-18(24)22-15-6-3-2-4-7-15/h9,11-12,15H,2-8,10,13H2,1H3,(H,21,23)(H2,20,22,24). The first-order valence-corrected chi connectivity index (χ1v) is 8.97. The molecule has 0 aromatic carbocycles. The molecular formula is C18H28N4O3. The van der Waals surface area contributed by atoms with Crippen LogP contribution in [0.25, 0.3) is 0 Å². The van der Waals surface area contributed by atoms with Gasteiger partial charge in [-0.25, -0.2) is 9.78 Å². The van der Waals surface area contributed by atoms with E-state index in [0.29, 0.717) is 37.9 Å². The van der Waals surface area contributed by atoms with Gasteiger partial charge >= 0.3 is 6.03 Å². The summed E-state index contributed by atoms with van der Waals surface area (Å²) in [6.07, 6.45) is 8.42. The molecule has 0 unspecified atom stereocenters. The first-order chi connectivity index (χ1) is 12.2. The second kappa shape index (κ2) is 10.5. The number of nitrogens with one attached hydrogen (secondary N) is 3. The van der Waals surface area contributed by atoms with E-state index in [2.05, 4.69) is 20.9 Å². The van der Waals surface area contributed by atoms with Crippen molar-refractivity contribution in [2.45, 2.75) is 57.5 Å². The van der Waals surface area contributed by atoms with E-state index in [1.807, 2.05) is 6.07 Å². The Morgan fingerprint density at radius 1 is 1.24 bits per heavy atom. The first kappa shape index (κ1) is 19.0. The summed E-state index contributed by atoms with van der Waals surface area (Å²) in [6.45, 7) is 0.933. The molecule has 1 aliphatic carbocycles. The average molecular weight is 348 g/mol. The highest BCUT2D eigenvalue weighted by Crippen LogP contribution is 2.17. The Bertz CT molecular complexity index is 559. The minimum atomic E-state index is -0.129. The van der Waals surface area contributed by atoms with Gasteiger partial charge in [-0.05, 0) is 30.9 Å². The molecule has 0 aliphatic heterocycles. The number of ether oxygens (including phenoxy) is 1. The number of hydrogen-bond acceptors (Lipinski definition) is 4. The van der Waals surface area contributed by atoms with Gasteiger partial charge in [0.1, 0.15) is 0 Å². The number of carbonyl (C=O) groups is 2. The molecule has 0 saturated heterocycles. The maximum atomic E-state index is 11.8. The predicted molar refractivity (Wildman–Crippen MR) is 95.3 cm³/mol. The molecule has 1 aromatic heterocycles. The molecule has 1 aromatic rings. The monoisotopic (exact) mass is 348 g/mol. The van der Waals surface area contributed by atoms with Crippen molar-refractivity contribution >= 4 is 11.9 Å². The van der Waals surface area contributed by atoms with Gasteiger partial charge in [-0.1, -0.05) is 19.3 Å². The van der Waals surface area contributed by atoms with Crippen LogP contribution >= 0.6 is 0 Å². The lowest BCUT2D eigenvalue weighted by Crippen LogP contribution is -2.43. The van der Waals surface area contributed by atoms with Crippen LogP contribution in [0.1, 0.15) is 50.5 Å². The Hall–Kier alpha value is -2.31. The molecule has 2 rings (SSSR count). The van der Waals surface area contributed by atoms with Crippen LogP contribution in [0.15, 0.2) is 18.3 Å². The highest BCUT2D eigenvalue weighted by molar-refractivity contribution is 5.76. The average Bonchev–Trinajstić information content (AvgIpc) is 2.64. The van der Waals surface area contributed by atoms with Crippen LogP contribution in [0.2, 0.25) is 0 Å². The molecule has 3 N–H and O–H groups in total. The number of pyridine rings is 1. The number of methoxy groups -OCH3 is 1. The fourth-order valence-corrected chi connectivity index (χ4v) is 2.90. The van der Waals surface area contributed by atoms with Crippen LogP contribution in [0, 0.1) is 0 Å². The van der Waals surface area contributed by atoms with E-state index >= 15 is 0 Å². The molecule has 1 heterocycles. The molecule has 0 spiro atoms. The second-order valence-electron chi connectivity index (χ2n) is 6.32. The van der Waals surface area contributed by atoms with Crippen molar-refractivity contribution in [1.29, 1.82) is 0 Å². The largest absolute Gasteiger partial charge is 0.481 e. The highest BCUT2D eigenvalue weighted by Gasteiger charge is 2.15. The lowest BCUT2D eigenvalue weighted by atomic mass is 9.96. The summed E-state index contributed by atoms with van der Waals surface area (Å²) >= 11 is 0. The van der Waals surface area contributed by atoms with Gasteiger partial charge in [0.15, 0.2) is 0 Å². The minimum absolute atomic E-state index is 0.0368. The third-order valence-corrected chi connectivity index (χ3v) is 4.30. The van der Waals surface area contributed by atoms with E-state index in [9.17, 15) is 9.59 Å². The number of urea groups is 1. The highest BCUT2D eigenvalue weighted by atomic mass is 16.5. The zero-order chi connectivity index (χ0) is 17.9. The van der Waals surface area contributed by atoms with Crippen molar-refractivity contribution in [2.24, 2.45) is 0 Å². The van der Waals surface area contributed by atoms with Crippen molar-refractivity contribution in [3.63, 3.8) is 0 Å². The van der Waals surface area contributed by atoms with Crippen molar-refractivity contribution in [2.75, 3.05) is 13.7 Å². The van der Waals surface area contributed by atoms with E-state index in [1.54, 1.807) is 19.4 Å². The van der Waals surface area contributed by atoms with Crippen molar-refractivity contribution in [3.05, 3.63) is 23.9 Å². The Kier molecular flexibility index (Phi) is 8.01. The van der Waals surface area contributed by atoms with Gasteiger partial charge in [-0.2, -0.15) is 0 Å². The van der Waals surface area contributed by atoms with Gasteiger partial charge in [0, 0.05) is 37.8 Å². The van der Waals surface area contributed by atoms with Crippen molar-refractivity contribution in [1.82, 2.24) is 20.9 Å². The van der Waals surface area contributed by atoms with Gasteiger partial charge in [0.25, 0.3) is 0 Å². The number of hydrogen-bond donors (Lipinski definition) is 3. The Morgan fingerprint density at radius 3 is 2.80 bits per heavy atom. The molecule has 3 amide bonds. The molecule has 0 radical (unpaired) electrons. The number of carbonyl (C=O) groups excluding carboxylic acids is 2. The smallest absolute Gasteiger partial charge is 0.315 e. The minimum Gasteiger partial charge on any atom is -0.481 e. The van der Waals surface area contributed by atoms with Crippen LogP contribution in [-0.4, -0.2) is 36.6 Å². The van der Waals surface area contributed by atoms with Crippen LogP contribution in [-0.2, 0) is 11.3 Å². The third-order valence-electron chi connectivity index (χ3n) is 4.30. The van der Waals surface area contributed by atoms with Gasteiger partial charge < -0.3 is 20.7 Å². The molecular weight excluding hydrogens is 320 g/mol. The molecule has 0 bridgehead atoms. The van der Waals surface area contributed by atoms with Gasteiger partial charge in [0.2, 0.25) is 11.8 Å². The Labute approximate surface area is 148 Å². The predicted octanol–water partition coefficient (Wildman–Crippen LogP) is 2.12. The quantitative estimate of drug-likeness (QED) is 0.628. The number of amides is 3. The normalized spacial score (nSPS) is 14.6. The fraction of sp³-hybridized carbons (Fsp3) is 0.611. The second-order valence-corrected chi connectivity index (χ2v) is 6.32. The first-order valence-electron chi connectivity index (χ1n) is 8.97. The molecule has 7 nitrogen and oxygen atoms in total. The van der Waals surface area contributed by atoms with Crippen molar-refractivity contribution in [3.8, 4) is 5.88 Å². The zero-order valence-corrected chi connectivity index (χ0v) is 14.8. The molecule has 1 aliphatic rings. The fourth-order valence-electron chi connectivity index (χ4n) is 2.90. The number of nitrogens with zero attached hydrogens (tertiary/aromatic N) is 1. The molecule has 7 heteroatoms. The number of rotatable bonds is 8. The summed E-state index contributed by atoms with van der Waals surface area (Å²) in [7, 11) is 1.56. The zero-order valence-electron chi connectivity index (χ0n) is 14.8. The SMILES string of the molecule is COc1cc(CNC(=O)CCCNC(=O)NC2CCCCC2)ccn1. The summed E-state index contributed by atoms with van der Waals surface area (Å²) in [5.41, 5.74) is 0.935. The van der Waals surface area contributed by atoms with Crippen LogP contribution < -0.4 is 20.7 Å². The lowest BCUT2D eigenvalue weighted by molar-refractivity contribution is -0.121. The molecule has 0 atom stereocenters. The summed E-state index contributed by atoms with van der Waals surface area (Å²) in [5.74, 6) is 0.491. The van der Waals surface area contributed by atoms with Gasteiger partial charge in [-0.3, -0.25) is 4.79 Å². The van der Waals surface area contributed by atoms with Gasteiger partial charge in [0.05, 0.1) is 7.11 Å². The number of aromatic nitrogens is 1. The van der Waals surface area contributed by atoms with E-state index in [-0.39, 0.29) is 11.9 Å². The molecule has 25 heavy (non-hydrogen) atoms. The van der Waals surface area contributed by atoms with Crippen LogP contribution in [0.4, 0.5) is 4.79 Å². The Balaban J connectivity index is 1.54. The van der Waals surface area contributed by atoms with Crippen molar-refractivity contribution < 1.29 is 14.3 Å². The topological polar surface area (TPSA) is 92.4 Å². The summed E-state index contributed by atoms with van der Waals surface area (Å²) in [6, 6.07) is 3.79. The Morgan fingerprint density at radius 2 is 2.04 bits per heavy atom. The lowest BCUT2D eigenvalue weighted by Gasteiger charge is -2.22. The molecule has 138 valence electrons. The van der Waals surface area contributed by atoms with E-state index < -0.39 is 0 Å². The van der Waals surface area contributed by atoms with E-state index in [1.165, 1.54) is 19.3 Å². The maximum Gasteiger partial charge on any atom is 0.315 e. The molecule has 1 saturated carbocycles. The van der Waals surface area contributed by atoms with Crippen LogP contribution in [0.5, 0.6) is 5.88 Å². The van der Waals surface area contributed by atoms with E-state index in [0.717, 1.165) is 18.4 Å². The van der Waals surface area contributed by atoms with Gasteiger partial charge in [-0.15, -0.1) is 0 Å². The maximum absolute atomic E-state index is 11.8. The summed E-state index contributed by atoms with van der Waals surface area (Å²) in [5, 5.41) is 8.67. The third kappa shape index (κ3) is 7.41.